The minimum Gasteiger partial charge on any atom is -0.497 e. The number of ether oxygens (including phenoxy) is 2. The summed E-state index contributed by atoms with van der Waals surface area (Å²) in [7, 11) is 5.21. The molecule has 0 radical (unpaired) electrons. The van der Waals surface area contributed by atoms with Crippen molar-refractivity contribution in [2.24, 2.45) is 13.0 Å². The number of hydrogen-bond acceptors (Lipinski definition) is 5. The van der Waals surface area contributed by atoms with Gasteiger partial charge in [-0.1, -0.05) is 0 Å². The van der Waals surface area contributed by atoms with Crippen LogP contribution in [0, 0.1) is 12.8 Å². The Morgan fingerprint density at radius 3 is 2.67 bits per heavy atom. The lowest BCUT2D eigenvalue weighted by atomic mass is 9.98. The van der Waals surface area contributed by atoms with E-state index in [0.717, 1.165) is 51.6 Å². The second-order valence-corrected chi connectivity index (χ2v) is 9.63. The van der Waals surface area contributed by atoms with Gasteiger partial charge in [-0.15, -0.1) is 0 Å². The number of carbonyl (C=O) groups excluding carboxylic acids is 2. The summed E-state index contributed by atoms with van der Waals surface area (Å²) in [6.07, 6.45) is 3.22. The van der Waals surface area contributed by atoms with Crippen molar-refractivity contribution in [3.8, 4) is 5.75 Å². The number of fused-ring (bicyclic) bond motifs is 2. The number of ketones is 1. The van der Waals surface area contributed by atoms with Crippen LogP contribution in [0.3, 0.4) is 0 Å². The number of rotatable bonds is 9. The van der Waals surface area contributed by atoms with E-state index < -0.39 is 0 Å². The number of amides is 1. The van der Waals surface area contributed by atoms with Gasteiger partial charge in [-0.3, -0.25) is 14.3 Å². The van der Waals surface area contributed by atoms with Crippen LogP contribution in [0.1, 0.15) is 39.3 Å². The zero-order chi connectivity index (χ0) is 25.4. The Morgan fingerprint density at radius 2 is 1.92 bits per heavy atom. The summed E-state index contributed by atoms with van der Waals surface area (Å²) < 4.78 is 14.3. The largest absolute Gasteiger partial charge is 0.497 e. The molecule has 0 aliphatic carbocycles. The molecule has 5 rings (SSSR count). The van der Waals surface area contributed by atoms with E-state index in [2.05, 4.69) is 0 Å². The van der Waals surface area contributed by atoms with Crippen LogP contribution in [0.5, 0.6) is 5.75 Å². The maximum atomic E-state index is 13.2. The van der Waals surface area contributed by atoms with Gasteiger partial charge in [0.2, 0.25) is 0 Å². The van der Waals surface area contributed by atoms with Gasteiger partial charge in [0.15, 0.2) is 5.78 Å². The van der Waals surface area contributed by atoms with Crippen molar-refractivity contribution >= 4 is 33.5 Å². The van der Waals surface area contributed by atoms with Gasteiger partial charge in [0.05, 0.1) is 18.1 Å². The highest BCUT2D eigenvalue weighted by molar-refractivity contribution is 6.02. The van der Waals surface area contributed by atoms with Crippen molar-refractivity contribution in [1.29, 1.82) is 0 Å². The molecule has 0 bridgehead atoms. The van der Waals surface area contributed by atoms with Crippen molar-refractivity contribution in [1.82, 2.24) is 19.2 Å². The van der Waals surface area contributed by atoms with Gasteiger partial charge >= 0.3 is 0 Å². The van der Waals surface area contributed by atoms with Gasteiger partial charge in [-0.25, -0.2) is 0 Å². The maximum absolute atomic E-state index is 13.2. The van der Waals surface area contributed by atoms with E-state index in [1.165, 1.54) is 0 Å². The van der Waals surface area contributed by atoms with E-state index in [4.69, 9.17) is 14.6 Å². The fourth-order valence-electron chi connectivity index (χ4n) is 5.11. The predicted molar refractivity (Wildman–Crippen MR) is 139 cm³/mol. The molecular weight excluding hydrogens is 456 g/mol. The molecule has 3 heterocycles. The number of aryl methyl sites for hydroxylation is 2. The minimum atomic E-state index is 0.0435. The van der Waals surface area contributed by atoms with Gasteiger partial charge in [-0.05, 0) is 49.2 Å². The van der Waals surface area contributed by atoms with Crippen LogP contribution in [-0.2, 0) is 18.3 Å². The normalized spacial score (nSPS) is 13.9. The van der Waals surface area contributed by atoms with Crippen LogP contribution in [0.2, 0.25) is 0 Å². The minimum absolute atomic E-state index is 0.0435. The summed E-state index contributed by atoms with van der Waals surface area (Å²) in [4.78, 5) is 27.7. The summed E-state index contributed by atoms with van der Waals surface area (Å²) in [6.45, 7) is 4.70. The van der Waals surface area contributed by atoms with E-state index in [-0.39, 0.29) is 11.7 Å². The third kappa shape index (κ3) is 4.37. The zero-order valence-corrected chi connectivity index (χ0v) is 21.3. The quantitative estimate of drug-likeness (QED) is 0.260. The standard InChI is InChI=1S/C28H32N4O4/c1-18-22(27(33)6-5-11-35-3)9-10-24-23(18)17-32(29-24)16-19-14-31(15-19)28(34)26-12-20-7-8-21(36-4)13-25(20)30(26)2/h7-10,12-13,17,19H,5-6,11,14-16H2,1-4H3. The molecule has 36 heavy (non-hydrogen) atoms. The Kier molecular flexibility index (Phi) is 6.53. The van der Waals surface area contributed by atoms with Gasteiger partial charge in [0, 0.05) is 81.3 Å². The number of carbonyl (C=O) groups is 2. The fraction of sp³-hybridized carbons (Fsp3) is 0.393. The molecule has 1 aliphatic rings. The fourth-order valence-corrected chi connectivity index (χ4v) is 5.11. The lowest BCUT2D eigenvalue weighted by Gasteiger charge is -2.39. The lowest BCUT2D eigenvalue weighted by molar-refractivity contribution is 0.0452. The molecule has 8 heteroatoms. The first-order valence-electron chi connectivity index (χ1n) is 12.3. The van der Waals surface area contributed by atoms with E-state index in [1.807, 2.05) is 70.7 Å². The number of Topliss-reactive ketones (excluding diaryl/α,β-unsaturated/α-hetero) is 1. The smallest absolute Gasteiger partial charge is 0.270 e. The summed E-state index contributed by atoms with van der Waals surface area (Å²) in [5.41, 5.74) is 4.27. The molecule has 0 unspecified atom stereocenters. The molecule has 1 saturated heterocycles. The van der Waals surface area contributed by atoms with Crippen LogP contribution in [0.4, 0.5) is 0 Å². The lowest BCUT2D eigenvalue weighted by Crippen LogP contribution is -2.51. The van der Waals surface area contributed by atoms with Gasteiger partial charge in [0.25, 0.3) is 5.91 Å². The Bertz CT molecular complexity index is 1450. The van der Waals surface area contributed by atoms with Crippen LogP contribution in [-0.4, -0.2) is 64.9 Å². The third-order valence-corrected chi connectivity index (χ3v) is 7.22. The first-order valence-corrected chi connectivity index (χ1v) is 12.3. The van der Waals surface area contributed by atoms with Crippen molar-refractivity contribution in [2.45, 2.75) is 26.3 Å². The van der Waals surface area contributed by atoms with Gasteiger partial charge < -0.3 is 18.9 Å². The molecule has 1 fully saturated rings. The van der Waals surface area contributed by atoms with Crippen LogP contribution in [0.25, 0.3) is 21.8 Å². The molecule has 2 aromatic heterocycles. The Balaban J connectivity index is 1.24. The van der Waals surface area contributed by atoms with Crippen LogP contribution in [0.15, 0.2) is 42.6 Å². The van der Waals surface area contributed by atoms with Crippen molar-refractivity contribution in [3.63, 3.8) is 0 Å². The summed E-state index contributed by atoms with van der Waals surface area (Å²) in [5, 5.41) is 6.75. The molecule has 0 atom stereocenters. The second-order valence-electron chi connectivity index (χ2n) is 9.63. The molecule has 2 aromatic carbocycles. The Labute approximate surface area is 210 Å². The molecule has 1 amide bonds. The molecular formula is C28H32N4O4. The average Bonchev–Trinajstić information content (AvgIpc) is 3.42. The highest BCUT2D eigenvalue weighted by Crippen LogP contribution is 2.28. The molecule has 0 spiro atoms. The number of aromatic nitrogens is 3. The highest BCUT2D eigenvalue weighted by atomic mass is 16.5. The molecule has 0 N–H and O–H groups in total. The first-order chi connectivity index (χ1) is 17.4. The molecule has 4 aromatic rings. The number of benzene rings is 2. The molecule has 0 saturated carbocycles. The third-order valence-electron chi connectivity index (χ3n) is 7.22. The van der Waals surface area contributed by atoms with Crippen molar-refractivity contribution in [3.05, 3.63) is 59.4 Å². The monoisotopic (exact) mass is 488 g/mol. The predicted octanol–water partition coefficient (Wildman–Crippen LogP) is 4.23. The van der Waals surface area contributed by atoms with E-state index in [9.17, 15) is 9.59 Å². The van der Waals surface area contributed by atoms with E-state index in [0.29, 0.717) is 37.7 Å². The molecule has 8 nitrogen and oxygen atoms in total. The topological polar surface area (TPSA) is 78.6 Å². The SMILES string of the molecule is COCCCC(=O)c1ccc2nn(CC3CN(C(=O)c4cc5ccc(OC)cc5n4C)C3)cc2c1C. The molecule has 1 aliphatic heterocycles. The first kappa shape index (κ1) is 24.1. The Hall–Kier alpha value is -3.65. The zero-order valence-electron chi connectivity index (χ0n) is 21.3. The maximum Gasteiger partial charge on any atom is 0.270 e. The number of hydrogen-bond donors (Lipinski definition) is 0. The van der Waals surface area contributed by atoms with Crippen molar-refractivity contribution in [2.75, 3.05) is 33.9 Å². The summed E-state index contributed by atoms with van der Waals surface area (Å²) in [6, 6.07) is 11.6. The van der Waals surface area contributed by atoms with Crippen LogP contribution < -0.4 is 4.74 Å². The number of methoxy groups -OCH3 is 2. The summed E-state index contributed by atoms with van der Waals surface area (Å²) in [5.74, 6) is 1.30. The highest BCUT2D eigenvalue weighted by Gasteiger charge is 2.33. The Morgan fingerprint density at radius 1 is 1.11 bits per heavy atom. The second kappa shape index (κ2) is 9.78. The average molecular weight is 489 g/mol. The summed E-state index contributed by atoms with van der Waals surface area (Å²) >= 11 is 0. The number of nitrogens with zero attached hydrogens (tertiary/aromatic N) is 4. The van der Waals surface area contributed by atoms with Gasteiger partial charge in [0.1, 0.15) is 11.4 Å². The number of likely N-dealkylation sites (tertiary alicyclic amines) is 1. The molecule has 188 valence electrons. The van der Waals surface area contributed by atoms with E-state index in [1.54, 1.807) is 14.2 Å². The van der Waals surface area contributed by atoms with Crippen LogP contribution >= 0.6 is 0 Å². The van der Waals surface area contributed by atoms with Gasteiger partial charge in [-0.2, -0.15) is 5.10 Å². The van der Waals surface area contributed by atoms with Crippen molar-refractivity contribution < 1.29 is 19.1 Å². The van der Waals surface area contributed by atoms with E-state index >= 15 is 0 Å².